The second-order valence-corrected chi connectivity index (χ2v) is 7.05. The number of hydrogen-bond donors (Lipinski definition) is 1. The molecular weight excluding hydrogens is 226 g/mol. The molecule has 1 rings (SSSR count). The van der Waals surface area contributed by atoms with E-state index in [0.717, 1.165) is 11.8 Å². The highest BCUT2D eigenvalue weighted by Gasteiger charge is 2.37. The van der Waals surface area contributed by atoms with Gasteiger partial charge < -0.3 is 5.11 Å². The van der Waals surface area contributed by atoms with Crippen LogP contribution < -0.4 is 0 Å². The van der Waals surface area contributed by atoms with Crippen LogP contribution in [0.4, 0.5) is 0 Å². The molecule has 1 unspecified atom stereocenters. The third kappa shape index (κ3) is 2.80. The number of aliphatic hydroxyl groups excluding tert-OH is 1. The van der Waals surface area contributed by atoms with E-state index in [-0.39, 0.29) is 0 Å². The maximum atomic E-state index is 11.5. The van der Waals surface area contributed by atoms with E-state index < -0.39 is 20.7 Å². The van der Waals surface area contributed by atoms with Gasteiger partial charge in [0.05, 0.1) is 10.9 Å². The van der Waals surface area contributed by atoms with Crippen LogP contribution in [0.1, 0.15) is 19.4 Å². The van der Waals surface area contributed by atoms with Gasteiger partial charge in [-0.15, -0.1) is 0 Å². The molecule has 4 nitrogen and oxygen atoms in total. The lowest BCUT2D eigenvalue weighted by Gasteiger charge is -2.28. The Morgan fingerprint density at radius 1 is 1.38 bits per heavy atom. The highest BCUT2D eigenvalue weighted by atomic mass is 32.2. The lowest BCUT2D eigenvalue weighted by Crippen LogP contribution is -2.44. The van der Waals surface area contributed by atoms with E-state index in [9.17, 15) is 13.5 Å². The maximum absolute atomic E-state index is 11.5. The van der Waals surface area contributed by atoms with Crippen LogP contribution in [0.15, 0.2) is 24.5 Å². The Kier molecular flexibility index (Phi) is 3.70. The van der Waals surface area contributed by atoms with E-state index in [1.54, 1.807) is 24.5 Å². The minimum Gasteiger partial charge on any atom is -0.391 e. The number of nitrogens with zero attached hydrogens (tertiary/aromatic N) is 1. The van der Waals surface area contributed by atoms with Crippen LogP contribution in [0.25, 0.3) is 0 Å². The lowest BCUT2D eigenvalue weighted by atomic mass is 9.99. The Hall–Kier alpha value is -0.940. The van der Waals surface area contributed by atoms with E-state index in [1.165, 1.54) is 13.8 Å². The number of rotatable bonds is 4. The molecule has 1 aromatic heterocycles. The fourth-order valence-corrected chi connectivity index (χ4v) is 1.81. The molecule has 90 valence electrons. The molecule has 0 aliphatic rings. The summed E-state index contributed by atoms with van der Waals surface area (Å²) >= 11 is 0. The zero-order valence-electron chi connectivity index (χ0n) is 9.71. The zero-order chi connectivity index (χ0) is 12.4. The number of sulfone groups is 1. The van der Waals surface area contributed by atoms with Gasteiger partial charge in [-0.05, 0) is 38.0 Å². The molecule has 0 aromatic carbocycles. The molecule has 0 spiro atoms. The summed E-state index contributed by atoms with van der Waals surface area (Å²) in [6.07, 6.45) is 3.76. The Bertz CT molecular complexity index is 440. The Morgan fingerprint density at radius 3 is 2.31 bits per heavy atom. The number of aromatic nitrogens is 1. The molecule has 0 aliphatic carbocycles. The van der Waals surface area contributed by atoms with Crippen molar-refractivity contribution in [2.75, 3.05) is 6.26 Å². The molecule has 5 heteroatoms. The van der Waals surface area contributed by atoms with E-state index >= 15 is 0 Å². The van der Waals surface area contributed by atoms with Crippen LogP contribution in [0, 0.1) is 0 Å². The predicted molar refractivity (Wildman–Crippen MR) is 62.9 cm³/mol. The molecule has 0 amide bonds. The van der Waals surface area contributed by atoms with Crippen molar-refractivity contribution in [3.63, 3.8) is 0 Å². The molecule has 1 aromatic rings. The Morgan fingerprint density at radius 2 is 1.88 bits per heavy atom. The minimum absolute atomic E-state index is 0.308. The van der Waals surface area contributed by atoms with Gasteiger partial charge in [-0.3, -0.25) is 4.98 Å². The first kappa shape index (κ1) is 13.1. The van der Waals surface area contributed by atoms with Crippen molar-refractivity contribution >= 4 is 9.84 Å². The summed E-state index contributed by atoms with van der Waals surface area (Å²) in [4.78, 5) is 3.86. The van der Waals surface area contributed by atoms with Crippen LogP contribution in [0.5, 0.6) is 0 Å². The molecule has 0 fully saturated rings. The first-order chi connectivity index (χ1) is 7.25. The van der Waals surface area contributed by atoms with Gasteiger partial charge in [0.2, 0.25) is 0 Å². The highest BCUT2D eigenvalue weighted by Crippen LogP contribution is 2.22. The maximum Gasteiger partial charge on any atom is 0.155 e. The van der Waals surface area contributed by atoms with Gasteiger partial charge in [-0.25, -0.2) is 8.42 Å². The summed E-state index contributed by atoms with van der Waals surface area (Å²) in [6.45, 7) is 3.07. The van der Waals surface area contributed by atoms with E-state index in [4.69, 9.17) is 0 Å². The van der Waals surface area contributed by atoms with Crippen LogP contribution in [-0.4, -0.2) is 35.6 Å². The summed E-state index contributed by atoms with van der Waals surface area (Å²) in [5, 5.41) is 9.97. The van der Waals surface area contributed by atoms with Crippen molar-refractivity contribution in [3.8, 4) is 0 Å². The van der Waals surface area contributed by atoms with E-state index in [2.05, 4.69) is 4.98 Å². The fraction of sp³-hybridized carbons (Fsp3) is 0.545. The summed E-state index contributed by atoms with van der Waals surface area (Å²) in [6, 6.07) is 3.53. The van der Waals surface area contributed by atoms with Gasteiger partial charge in [0, 0.05) is 18.6 Å². The first-order valence-corrected chi connectivity index (χ1v) is 6.91. The smallest absolute Gasteiger partial charge is 0.155 e. The summed E-state index contributed by atoms with van der Waals surface area (Å²) < 4.78 is 21.9. The van der Waals surface area contributed by atoms with Gasteiger partial charge in [-0.1, -0.05) is 0 Å². The third-order valence-electron chi connectivity index (χ3n) is 2.94. The lowest BCUT2D eigenvalue weighted by molar-refractivity contribution is 0.138. The molecule has 0 radical (unpaired) electrons. The van der Waals surface area contributed by atoms with Crippen LogP contribution in [0.3, 0.4) is 0 Å². The largest absolute Gasteiger partial charge is 0.391 e. The predicted octanol–water partition coefficient (Wildman–Crippen LogP) is 0.808. The van der Waals surface area contributed by atoms with E-state index in [1.807, 2.05) is 0 Å². The average molecular weight is 243 g/mol. The van der Waals surface area contributed by atoms with Crippen molar-refractivity contribution in [2.24, 2.45) is 0 Å². The fourth-order valence-electron chi connectivity index (χ4n) is 1.24. The van der Waals surface area contributed by atoms with Gasteiger partial charge in [-0.2, -0.15) is 0 Å². The molecule has 0 bridgehead atoms. The summed E-state index contributed by atoms with van der Waals surface area (Å²) in [7, 11) is -3.29. The van der Waals surface area contributed by atoms with Crippen molar-refractivity contribution in [3.05, 3.63) is 30.1 Å². The zero-order valence-corrected chi connectivity index (χ0v) is 10.5. The van der Waals surface area contributed by atoms with Gasteiger partial charge in [0.1, 0.15) is 0 Å². The third-order valence-corrected chi connectivity index (χ3v) is 5.12. The molecule has 1 atom stereocenters. The SMILES string of the molecule is CC(C)(C(O)Cc1ccncc1)S(C)(=O)=O. The van der Waals surface area contributed by atoms with Crippen LogP contribution in [0.2, 0.25) is 0 Å². The van der Waals surface area contributed by atoms with Gasteiger partial charge >= 0.3 is 0 Å². The number of pyridine rings is 1. The van der Waals surface area contributed by atoms with Crippen LogP contribution in [-0.2, 0) is 16.3 Å². The number of hydrogen-bond acceptors (Lipinski definition) is 4. The number of aliphatic hydroxyl groups is 1. The summed E-state index contributed by atoms with van der Waals surface area (Å²) in [5.41, 5.74) is 0.874. The minimum atomic E-state index is -3.29. The quantitative estimate of drug-likeness (QED) is 0.849. The second kappa shape index (κ2) is 4.51. The standard InChI is InChI=1S/C11H17NO3S/c1-11(2,16(3,14)15)10(13)8-9-4-6-12-7-5-9/h4-7,10,13H,8H2,1-3H3. The topological polar surface area (TPSA) is 67.3 Å². The monoisotopic (exact) mass is 243 g/mol. The molecule has 1 heterocycles. The molecule has 16 heavy (non-hydrogen) atoms. The molecule has 0 aliphatic heterocycles. The Balaban J connectivity index is 2.85. The summed E-state index contributed by atoms with van der Waals surface area (Å²) in [5.74, 6) is 0. The first-order valence-electron chi connectivity index (χ1n) is 5.01. The normalized spacial score (nSPS) is 14.8. The highest BCUT2D eigenvalue weighted by molar-refractivity contribution is 7.92. The van der Waals surface area contributed by atoms with Gasteiger partial charge in [0.15, 0.2) is 9.84 Å². The van der Waals surface area contributed by atoms with Crippen LogP contribution >= 0.6 is 0 Å². The second-order valence-electron chi connectivity index (χ2n) is 4.45. The van der Waals surface area contributed by atoms with Crippen molar-refractivity contribution in [1.29, 1.82) is 0 Å². The molecule has 0 saturated heterocycles. The average Bonchev–Trinajstić information content (AvgIpc) is 2.17. The van der Waals surface area contributed by atoms with Crippen molar-refractivity contribution in [2.45, 2.75) is 31.1 Å². The molecule has 1 N–H and O–H groups in total. The van der Waals surface area contributed by atoms with E-state index in [0.29, 0.717) is 6.42 Å². The van der Waals surface area contributed by atoms with Gasteiger partial charge in [0.25, 0.3) is 0 Å². The molecular formula is C11H17NO3S. The molecule has 0 saturated carbocycles. The van der Waals surface area contributed by atoms with Crippen molar-refractivity contribution < 1.29 is 13.5 Å². The Labute approximate surface area is 96.3 Å². The van der Waals surface area contributed by atoms with Crippen molar-refractivity contribution in [1.82, 2.24) is 4.98 Å².